The molecule has 1 heterocycles. The first-order valence-corrected chi connectivity index (χ1v) is 12.1. The van der Waals surface area contributed by atoms with Crippen LogP contribution < -0.4 is 10.1 Å². The minimum absolute atomic E-state index is 0.0831. The van der Waals surface area contributed by atoms with Crippen LogP contribution in [0.4, 0.5) is 0 Å². The van der Waals surface area contributed by atoms with Crippen molar-refractivity contribution in [3.8, 4) is 5.75 Å². The lowest BCUT2D eigenvalue weighted by Gasteiger charge is -2.11. The van der Waals surface area contributed by atoms with Gasteiger partial charge in [-0.2, -0.15) is 0 Å². The summed E-state index contributed by atoms with van der Waals surface area (Å²) in [6.45, 7) is 4.25. The Morgan fingerprint density at radius 1 is 0.912 bits per heavy atom. The second kappa shape index (κ2) is 12.0. The average molecular weight is 456 g/mol. The van der Waals surface area contributed by atoms with Gasteiger partial charge in [0.2, 0.25) is 5.91 Å². The largest absolute Gasteiger partial charge is 0.494 e. The summed E-state index contributed by atoms with van der Waals surface area (Å²) in [5.41, 5.74) is 4.57. The third-order valence-corrected chi connectivity index (χ3v) is 5.95. The summed E-state index contributed by atoms with van der Waals surface area (Å²) in [4.78, 5) is 17.1. The predicted molar refractivity (Wildman–Crippen MR) is 137 cm³/mol. The molecule has 1 N–H and O–H groups in total. The second-order valence-electron chi connectivity index (χ2n) is 8.62. The Morgan fingerprint density at radius 2 is 1.68 bits per heavy atom. The maximum Gasteiger partial charge on any atom is 0.220 e. The fourth-order valence-electron chi connectivity index (χ4n) is 4.07. The van der Waals surface area contributed by atoms with E-state index in [2.05, 4.69) is 53.2 Å². The van der Waals surface area contributed by atoms with E-state index in [1.807, 2.05) is 42.5 Å². The van der Waals surface area contributed by atoms with E-state index in [4.69, 9.17) is 9.72 Å². The summed E-state index contributed by atoms with van der Waals surface area (Å²) in [6.07, 6.45) is 3.95. The Labute approximate surface area is 201 Å². The normalized spacial score (nSPS) is 11.0. The molecule has 0 saturated carbocycles. The standard InChI is InChI=1S/C29H33N3O2/c1-23-13-16-25(17-14-23)34-22-8-7-21-32-27-12-6-5-11-26(27)31-28(32)19-20-30-29(33)18-15-24-9-3-2-4-10-24/h2-6,9-14,16-17H,7-8,15,18-22H2,1H3,(H,30,33). The number of ether oxygens (including phenoxy) is 1. The minimum Gasteiger partial charge on any atom is -0.494 e. The highest BCUT2D eigenvalue weighted by Crippen LogP contribution is 2.18. The molecule has 0 saturated heterocycles. The van der Waals surface area contributed by atoms with Crippen molar-refractivity contribution in [2.45, 2.75) is 45.6 Å². The number of carbonyl (C=O) groups excluding carboxylic acids is 1. The third-order valence-electron chi connectivity index (χ3n) is 5.95. The number of benzene rings is 3. The van der Waals surface area contributed by atoms with Crippen LogP contribution in [-0.2, 0) is 24.2 Å². The number of fused-ring (bicyclic) bond motifs is 1. The van der Waals surface area contributed by atoms with Crippen molar-refractivity contribution in [1.82, 2.24) is 14.9 Å². The topological polar surface area (TPSA) is 56.1 Å². The number of para-hydroxylation sites is 2. The van der Waals surface area contributed by atoms with Crippen LogP contribution in [0.5, 0.6) is 5.75 Å². The lowest BCUT2D eigenvalue weighted by Crippen LogP contribution is -2.26. The molecule has 5 heteroatoms. The van der Waals surface area contributed by atoms with Crippen LogP contribution in [0, 0.1) is 6.92 Å². The smallest absolute Gasteiger partial charge is 0.220 e. The minimum atomic E-state index is 0.0831. The van der Waals surface area contributed by atoms with Crippen LogP contribution in [0.2, 0.25) is 0 Å². The third kappa shape index (κ3) is 6.70. The van der Waals surface area contributed by atoms with Gasteiger partial charge in [-0.05, 0) is 56.0 Å². The molecule has 0 aliphatic heterocycles. The Balaban J connectivity index is 1.26. The van der Waals surface area contributed by atoms with Crippen molar-refractivity contribution in [2.24, 2.45) is 0 Å². The molecule has 1 amide bonds. The molecule has 0 bridgehead atoms. The van der Waals surface area contributed by atoms with Gasteiger partial charge in [0, 0.05) is 25.9 Å². The molecule has 4 aromatic rings. The van der Waals surface area contributed by atoms with E-state index >= 15 is 0 Å². The maximum absolute atomic E-state index is 12.3. The van der Waals surface area contributed by atoms with E-state index in [0.717, 1.165) is 48.4 Å². The zero-order chi connectivity index (χ0) is 23.6. The first-order chi connectivity index (χ1) is 16.7. The van der Waals surface area contributed by atoms with E-state index in [9.17, 15) is 4.79 Å². The number of aromatic nitrogens is 2. The number of imidazole rings is 1. The van der Waals surface area contributed by atoms with E-state index in [-0.39, 0.29) is 5.91 Å². The number of rotatable bonds is 12. The predicted octanol–water partition coefficient (Wildman–Crippen LogP) is 5.50. The van der Waals surface area contributed by atoms with Gasteiger partial charge in [0.05, 0.1) is 17.6 Å². The molecule has 0 spiro atoms. The number of hydrogen-bond acceptors (Lipinski definition) is 3. The maximum atomic E-state index is 12.3. The summed E-state index contributed by atoms with van der Waals surface area (Å²) in [6, 6.07) is 26.5. The van der Waals surface area contributed by atoms with Gasteiger partial charge in [0.25, 0.3) is 0 Å². The SMILES string of the molecule is Cc1ccc(OCCCCn2c(CCNC(=O)CCc3ccccc3)nc3ccccc32)cc1. The van der Waals surface area contributed by atoms with Crippen molar-refractivity contribution in [3.05, 3.63) is 95.8 Å². The summed E-state index contributed by atoms with van der Waals surface area (Å²) in [7, 11) is 0. The van der Waals surface area contributed by atoms with Gasteiger partial charge in [0.1, 0.15) is 11.6 Å². The lowest BCUT2D eigenvalue weighted by atomic mass is 10.1. The van der Waals surface area contributed by atoms with Gasteiger partial charge in [-0.25, -0.2) is 4.98 Å². The second-order valence-corrected chi connectivity index (χ2v) is 8.62. The average Bonchev–Trinajstić information content (AvgIpc) is 3.21. The molecule has 5 nitrogen and oxygen atoms in total. The van der Waals surface area contributed by atoms with E-state index < -0.39 is 0 Å². The van der Waals surface area contributed by atoms with Gasteiger partial charge >= 0.3 is 0 Å². The highest BCUT2D eigenvalue weighted by atomic mass is 16.5. The number of unbranched alkanes of at least 4 members (excludes halogenated alkanes) is 1. The quantitative estimate of drug-likeness (QED) is 0.287. The van der Waals surface area contributed by atoms with Crippen LogP contribution in [-0.4, -0.2) is 28.6 Å². The van der Waals surface area contributed by atoms with Crippen LogP contribution >= 0.6 is 0 Å². The number of nitrogens with zero attached hydrogens (tertiary/aromatic N) is 2. The van der Waals surface area contributed by atoms with Gasteiger partial charge < -0.3 is 14.6 Å². The summed E-state index contributed by atoms with van der Waals surface area (Å²) in [5, 5.41) is 3.06. The molecule has 34 heavy (non-hydrogen) atoms. The number of hydrogen-bond donors (Lipinski definition) is 1. The van der Waals surface area contributed by atoms with Crippen LogP contribution in [0.25, 0.3) is 11.0 Å². The lowest BCUT2D eigenvalue weighted by molar-refractivity contribution is -0.121. The molecule has 4 rings (SSSR count). The molecule has 3 aromatic carbocycles. The Bertz CT molecular complexity index is 1180. The van der Waals surface area contributed by atoms with E-state index in [1.54, 1.807) is 0 Å². The summed E-state index contributed by atoms with van der Waals surface area (Å²) >= 11 is 0. The van der Waals surface area contributed by atoms with Crippen molar-refractivity contribution in [3.63, 3.8) is 0 Å². The molecule has 0 aliphatic rings. The molecule has 1 aromatic heterocycles. The van der Waals surface area contributed by atoms with Crippen molar-refractivity contribution in [2.75, 3.05) is 13.2 Å². The first kappa shape index (κ1) is 23.6. The Morgan fingerprint density at radius 3 is 2.50 bits per heavy atom. The van der Waals surface area contributed by atoms with Crippen LogP contribution in [0.1, 0.15) is 36.2 Å². The Kier molecular flexibility index (Phi) is 8.33. The highest BCUT2D eigenvalue weighted by Gasteiger charge is 2.11. The molecule has 0 atom stereocenters. The highest BCUT2D eigenvalue weighted by molar-refractivity contribution is 5.77. The van der Waals surface area contributed by atoms with Gasteiger partial charge in [-0.3, -0.25) is 4.79 Å². The van der Waals surface area contributed by atoms with E-state index in [0.29, 0.717) is 26.0 Å². The fourth-order valence-corrected chi connectivity index (χ4v) is 4.07. The van der Waals surface area contributed by atoms with Gasteiger partial charge in [0.15, 0.2) is 0 Å². The molecule has 0 radical (unpaired) electrons. The molecule has 0 aliphatic carbocycles. The van der Waals surface area contributed by atoms with Crippen molar-refractivity contribution in [1.29, 1.82) is 0 Å². The molecule has 176 valence electrons. The Hall–Kier alpha value is -3.60. The van der Waals surface area contributed by atoms with Crippen LogP contribution in [0.3, 0.4) is 0 Å². The molecular formula is C29H33N3O2. The molecule has 0 unspecified atom stereocenters. The number of carbonyl (C=O) groups is 1. The van der Waals surface area contributed by atoms with Gasteiger partial charge in [-0.1, -0.05) is 60.2 Å². The monoisotopic (exact) mass is 455 g/mol. The van der Waals surface area contributed by atoms with E-state index in [1.165, 1.54) is 11.1 Å². The first-order valence-electron chi connectivity index (χ1n) is 12.1. The zero-order valence-corrected chi connectivity index (χ0v) is 19.9. The van der Waals surface area contributed by atoms with Crippen molar-refractivity contribution >= 4 is 16.9 Å². The zero-order valence-electron chi connectivity index (χ0n) is 19.9. The fraction of sp³-hybridized carbons (Fsp3) is 0.310. The number of amides is 1. The number of aryl methyl sites for hydroxylation is 3. The molecular weight excluding hydrogens is 422 g/mol. The van der Waals surface area contributed by atoms with Gasteiger partial charge in [-0.15, -0.1) is 0 Å². The number of nitrogens with one attached hydrogen (secondary N) is 1. The summed E-state index contributed by atoms with van der Waals surface area (Å²) < 4.78 is 8.16. The molecule has 0 fully saturated rings. The summed E-state index contributed by atoms with van der Waals surface area (Å²) in [5.74, 6) is 2.02. The van der Waals surface area contributed by atoms with Crippen molar-refractivity contribution < 1.29 is 9.53 Å². The van der Waals surface area contributed by atoms with Crippen LogP contribution in [0.15, 0.2) is 78.9 Å².